The monoisotopic (exact) mass is 379 g/mol. The first-order chi connectivity index (χ1) is 13.3. The third-order valence-electron chi connectivity index (χ3n) is 4.35. The molecule has 1 heterocycles. The summed E-state index contributed by atoms with van der Waals surface area (Å²) >= 11 is 0. The van der Waals surface area contributed by atoms with Crippen LogP contribution in [0.25, 0.3) is 11.1 Å². The summed E-state index contributed by atoms with van der Waals surface area (Å²) in [5.41, 5.74) is 2.75. The van der Waals surface area contributed by atoms with Gasteiger partial charge in [0.05, 0.1) is 18.7 Å². The van der Waals surface area contributed by atoms with E-state index in [1.807, 2.05) is 48.0 Å². The van der Waals surface area contributed by atoms with Crippen LogP contribution in [0.4, 0.5) is 0 Å². The predicted octanol–water partition coefficient (Wildman–Crippen LogP) is 4.39. The molecule has 28 heavy (non-hydrogen) atoms. The number of aromatic carboxylic acids is 1. The second-order valence-corrected chi connectivity index (χ2v) is 7.61. The Kier molecular flexibility index (Phi) is 5.49. The highest BCUT2D eigenvalue weighted by Crippen LogP contribution is 2.26. The molecule has 0 aliphatic heterocycles. The van der Waals surface area contributed by atoms with Gasteiger partial charge in [-0.25, -0.2) is 9.48 Å². The number of hydrogen-bond donors (Lipinski definition) is 1. The molecule has 0 saturated carbocycles. The molecule has 0 aliphatic rings. The highest BCUT2D eigenvalue weighted by molar-refractivity contribution is 5.95. The zero-order valence-corrected chi connectivity index (χ0v) is 16.6. The molecule has 0 atom stereocenters. The number of benzene rings is 2. The Morgan fingerprint density at radius 3 is 2.39 bits per heavy atom. The smallest absolute Gasteiger partial charge is 0.336 e. The molecule has 0 saturated heterocycles. The van der Waals surface area contributed by atoms with Crippen LogP contribution in [-0.4, -0.2) is 32.4 Å². The maximum Gasteiger partial charge on any atom is 0.336 e. The Bertz CT molecular complexity index is 969. The Hall–Kier alpha value is -3.15. The van der Waals surface area contributed by atoms with Gasteiger partial charge in [-0.1, -0.05) is 63.2 Å². The molecule has 1 N–H and O–H groups in total. The number of carboxylic acids is 1. The van der Waals surface area contributed by atoms with E-state index in [2.05, 4.69) is 30.9 Å². The normalized spacial score (nSPS) is 11.4. The molecule has 0 fully saturated rings. The van der Waals surface area contributed by atoms with Gasteiger partial charge < -0.3 is 9.84 Å². The quantitative estimate of drug-likeness (QED) is 0.687. The van der Waals surface area contributed by atoms with Crippen LogP contribution in [0, 0.1) is 0 Å². The third kappa shape index (κ3) is 4.22. The predicted molar refractivity (Wildman–Crippen MR) is 108 cm³/mol. The van der Waals surface area contributed by atoms with Gasteiger partial charge in [-0.15, -0.1) is 5.10 Å². The fraction of sp³-hybridized carbons (Fsp3) is 0.318. The van der Waals surface area contributed by atoms with Gasteiger partial charge in [-0.3, -0.25) is 0 Å². The number of ether oxygens (including phenoxy) is 1. The standard InChI is InChI=1S/C22H25N3O3/c1-5-28-21-23-20(22(2,3)4)25(24-21)14-15-10-12-16(13-11-15)17-8-6-7-9-18(17)19(26)27/h6-13H,5,14H2,1-4H3,(H,26,27). The summed E-state index contributed by atoms with van der Waals surface area (Å²) in [5.74, 6) is -0.0724. The summed E-state index contributed by atoms with van der Waals surface area (Å²) in [5, 5.41) is 13.9. The van der Waals surface area contributed by atoms with Crippen LogP contribution in [0.3, 0.4) is 0 Å². The molecule has 0 amide bonds. The Morgan fingerprint density at radius 1 is 1.11 bits per heavy atom. The Morgan fingerprint density at radius 2 is 1.79 bits per heavy atom. The number of aromatic nitrogens is 3. The Labute approximate surface area is 164 Å². The molecule has 3 aromatic rings. The largest absolute Gasteiger partial charge is 0.478 e. The zero-order valence-electron chi connectivity index (χ0n) is 16.6. The van der Waals surface area contributed by atoms with Gasteiger partial charge in [0.2, 0.25) is 0 Å². The van der Waals surface area contributed by atoms with Crippen LogP contribution in [-0.2, 0) is 12.0 Å². The van der Waals surface area contributed by atoms with Crippen molar-refractivity contribution in [3.05, 3.63) is 65.5 Å². The fourth-order valence-corrected chi connectivity index (χ4v) is 3.06. The fourth-order valence-electron chi connectivity index (χ4n) is 3.06. The summed E-state index contributed by atoms with van der Waals surface area (Å²) in [6.07, 6.45) is 0. The van der Waals surface area contributed by atoms with E-state index in [0.717, 1.165) is 17.0 Å². The van der Waals surface area contributed by atoms with Gasteiger partial charge in [-0.05, 0) is 29.7 Å². The van der Waals surface area contributed by atoms with Crippen LogP contribution < -0.4 is 4.74 Å². The van der Waals surface area contributed by atoms with E-state index >= 15 is 0 Å². The van der Waals surface area contributed by atoms with Crippen LogP contribution in [0.15, 0.2) is 48.5 Å². The minimum Gasteiger partial charge on any atom is -0.478 e. The van der Waals surface area contributed by atoms with Crippen molar-refractivity contribution >= 4 is 5.97 Å². The summed E-state index contributed by atoms with van der Waals surface area (Å²) in [4.78, 5) is 16.0. The lowest BCUT2D eigenvalue weighted by molar-refractivity contribution is 0.0697. The molecule has 0 radical (unpaired) electrons. The van der Waals surface area contributed by atoms with Gasteiger partial charge in [0.1, 0.15) is 5.82 Å². The number of rotatable bonds is 6. The number of hydrogen-bond acceptors (Lipinski definition) is 4. The minimum absolute atomic E-state index is 0.164. The molecular formula is C22H25N3O3. The van der Waals surface area contributed by atoms with Crippen molar-refractivity contribution < 1.29 is 14.6 Å². The molecule has 3 rings (SSSR count). The van der Waals surface area contributed by atoms with E-state index in [4.69, 9.17) is 4.74 Å². The lowest BCUT2D eigenvalue weighted by Gasteiger charge is -2.18. The first kappa shape index (κ1) is 19.6. The van der Waals surface area contributed by atoms with E-state index in [1.165, 1.54) is 0 Å². The lowest BCUT2D eigenvalue weighted by Crippen LogP contribution is -2.20. The molecular weight excluding hydrogens is 354 g/mol. The van der Waals surface area contributed by atoms with Gasteiger partial charge >= 0.3 is 12.0 Å². The second kappa shape index (κ2) is 7.84. The van der Waals surface area contributed by atoms with Gasteiger partial charge in [0.25, 0.3) is 0 Å². The summed E-state index contributed by atoms with van der Waals surface area (Å²) in [6, 6.07) is 15.3. The van der Waals surface area contributed by atoms with Crippen molar-refractivity contribution in [1.29, 1.82) is 0 Å². The highest BCUT2D eigenvalue weighted by Gasteiger charge is 2.23. The number of nitrogens with zero attached hydrogens (tertiary/aromatic N) is 3. The van der Waals surface area contributed by atoms with E-state index in [9.17, 15) is 9.90 Å². The summed E-state index contributed by atoms with van der Waals surface area (Å²) in [7, 11) is 0. The zero-order chi connectivity index (χ0) is 20.3. The highest BCUT2D eigenvalue weighted by atomic mass is 16.5. The topological polar surface area (TPSA) is 77.2 Å². The Balaban J connectivity index is 1.89. The van der Waals surface area contributed by atoms with Crippen LogP contribution in [0.5, 0.6) is 6.01 Å². The minimum atomic E-state index is -0.930. The van der Waals surface area contributed by atoms with E-state index in [1.54, 1.807) is 12.1 Å². The van der Waals surface area contributed by atoms with Gasteiger partial charge in [-0.2, -0.15) is 4.98 Å². The molecule has 0 bridgehead atoms. The van der Waals surface area contributed by atoms with Crippen molar-refractivity contribution in [1.82, 2.24) is 14.8 Å². The molecule has 146 valence electrons. The number of carbonyl (C=O) groups is 1. The first-order valence-corrected chi connectivity index (χ1v) is 9.29. The van der Waals surface area contributed by atoms with Gasteiger partial charge in [0, 0.05) is 5.41 Å². The van der Waals surface area contributed by atoms with Crippen LogP contribution >= 0.6 is 0 Å². The van der Waals surface area contributed by atoms with E-state index in [0.29, 0.717) is 30.3 Å². The third-order valence-corrected chi connectivity index (χ3v) is 4.35. The molecule has 6 heteroatoms. The van der Waals surface area contributed by atoms with E-state index in [-0.39, 0.29) is 5.41 Å². The second-order valence-electron chi connectivity index (χ2n) is 7.61. The first-order valence-electron chi connectivity index (χ1n) is 9.29. The summed E-state index contributed by atoms with van der Waals surface area (Å²) in [6.45, 7) is 9.27. The van der Waals surface area contributed by atoms with E-state index < -0.39 is 5.97 Å². The van der Waals surface area contributed by atoms with Crippen molar-refractivity contribution in [2.24, 2.45) is 0 Å². The van der Waals surface area contributed by atoms with Crippen LogP contribution in [0.1, 0.15) is 49.4 Å². The molecule has 0 aliphatic carbocycles. The average molecular weight is 379 g/mol. The van der Waals surface area contributed by atoms with Crippen molar-refractivity contribution in [2.75, 3.05) is 6.61 Å². The van der Waals surface area contributed by atoms with Crippen LogP contribution in [0.2, 0.25) is 0 Å². The molecule has 0 spiro atoms. The average Bonchev–Trinajstić information content (AvgIpc) is 3.05. The number of carboxylic acid groups (broad SMARTS) is 1. The van der Waals surface area contributed by atoms with Crippen molar-refractivity contribution in [2.45, 2.75) is 39.7 Å². The van der Waals surface area contributed by atoms with Gasteiger partial charge in [0.15, 0.2) is 0 Å². The van der Waals surface area contributed by atoms with Crippen molar-refractivity contribution in [3.8, 4) is 17.1 Å². The summed E-state index contributed by atoms with van der Waals surface area (Å²) < 4.78 is 7.34. The SMILES string of the molecule is CCOc1nc(C(C)(C)C)n(Cc2ccc(-c3ccccc3C(=O)O)cc2)n1. The molecule has 6 nitrogen and oxygen atoms in total. The molecule has 2 aromatic carbocycles. The van der Waals surface area contributed by atoms with Crippen molar-refractivity contribution in [3.63, 3.8) is 0 Å². The maximum atomic E-state index is 11.5. The molecule has 1 aromatic heterocycles. The lowest BCUT2D eigenvalue weighted by atomic mass is 9.95. The molecule has 0 unspecified atom stereocenters. The maximum absolute atomic E-state index is 11.5.